The number of aryl methyl sites for hydroxylation is 1. The molecule has 0 radical (unpaired) electrons. The van der Waals surface area contributed by atoms with Crippen LogP contribution in [0.4, 0.5) is 0 Å². The summed E-state index contributed by atoms with van der Waals surface area (Å²) in [5.41, 5.74) is 2.68. The first-order chi connectivity index (χ1) is 10.2. The Labute approximate surface area is 138 Å². The number of hydrogen-bond donors (Lipinski definition) is 0. The molecule has 3 nitrogen and oxygen atoms in total. The molecule has 0 N–H and O–H groups in total. The van der Waals surface area contributed by atoms with Gasteiger partial charge < -0.3 is 13.3 Å². The van der Waals surface area contributed by atoms with Gasteiger partial charge in [-0.15, -0.1) is 0 Å². The Morgan fingerprint density at radius 1 is 0.952 bits per heavy atom. The Morgan fingerprint density at radius 3 is 2.05 bits per heavy atom. The summed E-state index contributed by atoms with van der Waals surface area (Å²) in [5.74, 6) is 0. The summed E-state index contributed by atoms with van der Waals surface area (Å²) in [4.78, 5) is 0. The van der Waals surface area contributed by atoms with Gasteiger partial charge in [0, 0.05) is 31.2 Å². The van der Waals surface area contributed by atoms with Gasteiger partial charge in [0.05, 0.1) is 0 Å². The third-order valence-corrected chi connectivity index (χ3v) is 6.99. The van der Waals surface area contributed by atoms with Crippen molar-refractivity contribution in [1.82, 2.24) is 0 Å². The molecular formula is C16H27BrO3Si. The third-order valence-electron chi connectivity index (χ3n) is 3.19. The molecular weight excluding hydrogens is 348 g/mol. The lowest BCUT2D eigenvalue weighted by Gasteiger charge is -2.28. The zero-order valence-corrected chi connectivity index (χ0v) is 15.9. The van der Waals surface area contributed by atoms with Crippen molar-refractivity contribution >= 4 is 24.7 Å². The maximum absolute atomic E-state index is 5.88. The largest absolute Gasteiger partial charge is 0.500 e. The highest BCUT2D eigenvalue weighted by Crippen LogP contribution is 2.20. The van der Waals surface area contributed by atoms with Crippen molar-refractivity contribution in [3.8, 4) is 0 Å². The first-order valence-corrected chi connectivity index (χ1v) is 10.8. The molecule has 21 heavy (non-hydrogen) atoms. The van der Waals surface area contributed by atoms with E-state index < -0.39 is 8.80 Å². The minimum Gasteiger partial charge on any atom is -0.374 e. The van der Waals surface area contributed by atoms with Gasteiger partial charge in [0.2, 0.25) is 0 Å². The van der Waals surface area contributed by atoms with E-state index in [1.807, 2.05) is 20.8 Å². The molecule has 0 aliphatic rings. The topological polar surface area (TPSA) is 27.7 Å². The summed E-state index contributed by atoms with van der Waals surface area (Å²) < 4.78 is 17.6. The third kappa shape index (κ3) is 6.61. The highest BCUT2D eigenvalue weighted by molar-refractivity contribution is 9.08. The van der Waals surface area contributed by atoms with Crippen molar-refractivity contribution in [3.63, 3.8) is 0 Å². The van der Waals surface area contributed by atoms with Crippen molar-refractivity contribution in [3.05, 3.63) is 35.4 Å². The van der Waals surface area contributed by atoms with Crippen molar-refractivity contribution in [2.24, 2.45) is 0 Å². The number of hydrogen-bond acceptors (Lipinski definition) is 3. The first kappa shape index (κ1) is 18.8. The van der Waals surface area contributed by atoms with E-state index >= 15 is 0 Å². The quantitative estimate of drug-likeness (QED) is 0.419. The summed E-state index contributed by atoms with van der Waals surface area (Å²) in [6.07, 6.45) is 2.06. The van der Waals surface area contributed by atoms with Crippen molar-refractivity contribution in [1.29, 1.82) is 0 Å². The van der Waals surface area contributed by atoms with Crippen LogP contribution < -0.4 is 0 Å². The molecule has 5 heteroatoms. The van der Waals surface area contributed by atoms with Crippen LogP contribution >= 0.6 is 15.9 Å². The molecule has 0 saturated heterocycles. The van der Waals surface area contributed by atoms with E-state index in [0.717, 1.165) is 24.2 Å². The molecule has 0 aliphatic heterocycles. The van der Waals surface area contributed by atoms with Crippen molar-refractivity contribution in [2.45, 2.75) is 45.0 Å². The van der Waals surface area contributed by atoms with Crippen LogP contribution in [0.3, 0.4) is 0 Å². The molecule has 0 aromatic heterocycles. The minimum atomic E-state index is -2.48. The SMILES string of the molecule is CCO[Si](CCCc1cccc(CBr)c1)(OCC)OCC. The maximum Gasteiger partial charge on any atom is 0.500 e. The molecule has 1 aromatic rings. The lowest BCUT2D eigenvalue weighted by atomic mass is 10.1. The van der Waals surface area contributed by atoms with E-state index in [1.54, 1.807) is 0 Å². The molecule has 0 bridgehead atoms. The van der Waals surface area contributed by atoms with Gasteiger partial charge in [-0.1, -0.05) is 40.2 Å². The van der Waals surface area contributed by atoms with Gasteiger partial charge in [0.25, 0.3) is 0 Å². The van der Waals surface area contributed by atoms with Crippen LogP contribution in [0.2, 0.25) is 6.04 Å². The average molecular weight is 375 g/mol. The van der Waals surface area contributed by atoms with E-state index in [1.165, 1.54) is 11.1 Å². The van der Waals surface area contributed by atoms with Crippen molar-refractivity contribution < 1.29 is 13.3 Å². The van der Waals surface area contributed by atoms with E-state index in [0.29, 0.717) is 19.8 Å². The van der Waals surface area contributed by atoms with E-state index in [-0.39, 0.29) is 0 Å². The van der Waals surface area contributed by atoms with Gasteiger partial charge in [-0.25, -0.2) is 0 Å². The second-order valence-corrected chi connectivity index (χ2v) is 8.08. The second-order valence-electron chi connectivity index (χ2n) is 4.79. The minimum absolute atomic E-state index is 0.644. The molecule has 120 valence electrons. The molecule has 0 atom stereocenters. The molecule has 1 rings (SSSR count). The molecule has 0 heterocycles. The Hall–Kier alpha value is -0.203. The van der Waals surface area contributed by atoms with Crippen LogP contribution in [0.5, 0.6) is 0 Å². The van der Waals surface area contributed by atoms with Crippen LogP contribution in [0.25, 0.3) is 0 Å². The molecule has 0 aliphatic carbocycles. The van der Waals surface area contributed by atoms with E-state index in [4.69, 9.17) is 13.3 Å². The number of alkyl halides is 1. The van der Waals surface area contributed by atoms with E-state index in [9.17, 15) is 0 Å². The van der Waals surface area contributed by atoms with E-state index in [2.05, 4.69) is 40.2 Å². The predicted octanol–water partition coefficient (Wildman–Crippen LogP) is 4.56. The fourth-order valence-electron chi connectivity index (χ4n) is 2.38. The average Bonchev–Trinajstić information content (AvgIpc) is 2.48. The standard InChI is InChI=1S/C16H27BrO3Si/c1-4-18-21(19-5-2,20-6-3)12-8-11-15-9-7-10-16(13-15)14-17/h7,9-10,13H,4-6,8,11-12,14H2,1-3H3. The van der Waals surface area contributed by atoms with Gasteiger partial charge in [-0.3, -0.25) is 0 Å². The molecule has 0 amide bonds. The molecule has 0 unspecified atom stereocenters. The smallest absolute Gasteiger partial charge is 0.374 e. The Morgan fingerprint density at radius 2 is 1.52 bits per heavy atom. The van der Waals surface area contributed by atoms with Crippen LogP contribution in [0, 0.1) is 0 Å². The fraction of sp³-hybridized carbons (Fsp3) is 0.625. The Balaban J connectivity index is 2.58. The Kier molecular flexibility index (Phi) is 9.43. The van der Waals surface area contributed by atoms with Crippen LogP contribution in [0.1, 0.15) is 38.3 Å². The lowest BCUT2D eigenvalue weighted by molar-refractivity contribution is 0.0708. The van der Waals surface area contributed by atoms with Gasteiger partial charge in [-0.05, 0) is 44.7 Å². The summed E-state index contributed by atoms with van der Waals surface area (Å²) in [7, 11) is -2.48. The number of rotatable bonds is 11. The molecule has 0 spiro atoms. The zero-order chi connectivity index (χ0) is 15.6. The summed E-state index contributed by atoms with van der Waals surface area (Å²) in [5, 5.41) is 0.899. The van der Waals surface area contributed by atoms with Gasteiger partial charge >= 0.3 is 8.80 Å². The lowest BCUT2D eigenvalue weighted by Crippen LogP contribution is -2.46. The molecule has 0 fully saturated rings. The fourth-order valence-corrected chi connectivity index (χ4v) is 5.34. The maximum atomic E-state index is 5.88. The summed E-state index contributed by atoms with van der Waals surface area (Å²) >= 11 is 3.50. The molecule has 0 saturated carbocycles. The zero-order valence-electron chi connectivity index (χ0n) is 13.4. The monoisotopic (exact) mass is 374 g/mol. The van der Waals surface area contributed by atoms with Gasteiger partial charge in [0.15, 0.2) is 0 Å². The highest BCUT2D eigenvalue weighted by Gasteiger charge is 2.39. The van der Waals surface area contributed by atoms with Gasteiger partial charge in [-0.2, -0.15) is 0 Å². The molecule has 1 aromatic carbocycles. The van der Waals surface area contributed by atoms with Crippen molar-refractivity contribution in [2.75, 3.05) is 19.8 Å². The second kappa shape index (κ2) is 10.5. The normalized spacial score (nSPS) is 11.8. The summed E-state index contributed by atoms with van der Waals surface area (Å²) in [6.45, 7) is 7.93. The first-order valence-electron chi connectivity index (χ1n) is 7.75. The van der Waals surface area contributed by atoms with Gasteiger partial charge in [0.1, 0.15) is 0 Å². The highest BCUT2D eigenvalue weighted by atomic mass is 79.9. The van der Waals surface area contributed by atoms with Crippen LogP contribution in [-0.4, -0.2) is 28.6 Å². The Bertz CT molecular complexity index is 384. The van der Waals surface area contributed by atoms with Crippen LogP contribution in [-0.2, 0) is 25.0 Å². The number of benzene rings is 1. The predicted molar refractivity (Wildman–Crippen MR) is 92.8 cm³/mol. The summed E-state index contributed by atoms with van der Waals surface area (Å²) in [6, 6.07) is 9.56. The van der Waals surface area contributed by atoms with Crippen LogP contribution in [0.15, 0.2) is 24.3 Å². The number of halogens is 1.